The van der Waals surface area contributed by atoms with Crippen LogP contribution in [0.4, 0.5) is 4.79 Å². The van der Waals surface area contributed by atoms with Crippen molar-refractivity contribution in [3.05, 3.63) is 57.8 Å². The standard InChI is InChI=1S/C18H23N3O2S/c1-13-8-9-16(24-13)12-21(17(22)14(2)20-18(19)23)11-10-15-6-4-3-5-7-15/h3-9,14H,10-12H2,1-2H3,(H3,19,20,23). The summed E-state index contributed by atoms with van der Waals surface area (Å²) >= 11 is 1.67. The number of carbonyl (C=O) groups excluding carboxylic acids is 2. The molecule has 1 unspecified atom stereocenters. The van der Waals surface area contributed by atoms with Crippen LogP contribution in [0.15, 0.2) is 42.5 Å². The second-order valence-corrected chi connectivity index (χ2v) is 7.11. The summed E-state index contributed by atoms with van der Waals surface area (Å²) < 4.78 is 0. The maximum absolute atomic E-state index is 12.7. The van der Waals surface area contributed by atoms with E-state index >= 15 is 0 Å². The van der Waals surface area contributed by atoms with Crippen LogP contribution >= 0.6 is 11.3 Å². The highest BCUT2D eigenvalue weighted by Crippen LogP contribution is 2.18. The van der Waals surface area contributed by atoms with Crippen LogP contribution in [0.5, 0.6) is 0 Å². The van der Waals surface area contributed by atoms with Gasteiger partial charge in [-0.05, 0) is 38.0 Å². The minimum atomic E-state index is -0.689. The zero-order chi connectivity index (χ0) is 17.5. The fraction of sp³-hybridized carbons (Fsp3) is 0.333. The molecule has 0 spiro atoms. The lowest BCUT2D eigenvalue weighted by molar-refractivity contribution is -0.133. The van der Waals surface area contributed by atoms with E-state index < -0.39 is 12.1 Å². The van der Waals surface area contributed by atoms with Crippen molar-refractivity contribution in [3.63, 3.8) is 0 Å². The molecule has 3 amide bonds. The smallest absolute Gasteiger partial charge is 0.312 e. The van der Waals surface area contributed by atoms with Gasteiger partial charge in [-0.3, -0.25) is 4.79 Å². The van der Waals surface area contributed by atoms with E-state index in [-0.39, 0.29) is 5.91 Å². The molecule has 0 saturated carbocycles. The average molecular weight is 345 g/mol. The number of carbonyl (C=O) groups is 2. The van der Waals surface area contributed by atoms with Crippen LogP contribution < -0.4 is 11.1 Å². The molecular formula is C18H23N3O2S. The first-order valence-corrected chi connectivity index (χ1v) is 8.71. The summed E-state index contributed by atoms with van der Waals surface area (Å²) in [5.41, 5.74) is 6.31. The molecule has 1 heterocycles. The number of nitrogens with zero attached hydrogens (tertiary/aromatic N) is 1. The van der Waals surface area contributed by atoms with Crippen LogP contribution in [-0.2, 0) is 17.8 Å². The number of aryl methyl sites for hydroxylation is 1. The number of amides is 3. The minimum absolute atomic E-state index is 0.129. The van der Waals surface area contributed by atoms with Crippen molar-refractivity contribution in [1.82, 2.24) is 10.2 Å². The largest absolute Gasteiger partial charge is 0.352 e. The van der Waals surface area contributed by atoms with Gasteiger partial charge >= 0.3 is 6.03 Å². The van der Waals surface area contributed by atoms with Crippen LogP contribution in [0.1, 0.15) is 22.2 Å². The third-order valence-electron chi connectivity index (χ3n) is 3.70. The summed E-state index contributed by atoms with van der Waals surface area (Å²) in [6, 6.07) is 12.8. The monoisotopic (exact) mass is 345 g/mol. The molecule has 0 aliphatic heterocycles. The van der Waals surface area contributed by atoms with E-state index in [4.69, 9.17) is 5.73 Å². The predicted octanol–water partition coefficient (Wildman–Crippen LogP) is 2.68. The van der Waals surface area contributed by atoms with E-state index in [0.717, 1.165) is 11.3 Å². The van der Waals surface area contributed by atoms with E-state index in [2.05, 4.69) is 5.32 Å². The Hall–Kier alpha value is -2.34. The summed E-state index contributed by atoms with van der Waals surface area (Å²) in [6.07, 6.45) is 0.764. The second-order valence-electron chi connectivity index (χ2n) is 5.74. The normalized spacial score (nSPS) is 11.8. The highest BCUT2D eigenvalue weighted by Gasteiger charge is 2.22. The molecule has 0 fully saturated rings. The van der Waals surface area contributed by atoms with Crippen LogP contribution in [0, 0.1) is 6.92 Å². The van der Waals surface area contributed by atoms with Crippen LogP contribution in [0.25, 0.3) is 0 Å². The Balaban J connectivity index is 2.07. The van der Waals surface area contributed by atoms with Gasteiger partial charge in [0, 0.05) is 16.3 Å². The van der Waals surface area contributed by atoms with Crippen molar-refractivity contribution >= 4 is 23.3 Å². The molecule has 2 rings (SSSR count). The molecule has 5 nitrogen and oxygen atoms in total. The Morgan fingerprint density at radius 3 is 2.50 bits per heavy atom. The molecule has 3 N–H and O–H groups in total. The average Bonchev–Trinajstić information content (AvgIpc) is 2.96. The van der Waals surface area contributed by atoms with E-state index in [9.17, 15) is 9.59 Å². The van der Waals surface area contributed by atoms with Gasteiger partial charge in [0.1, 0.15) is 6.04 Å². The molecule has 0 radical (unpaired) electrons. The fourth-order valence-electron chi connectivity index (χ4n) is 2.48. The number of rotatable bonds is 7. The van der Waals surface area contributed by atoms with E-state index in [0.29, 0.717) is 13.1 Å². The van der Waals surface area contributed by atoms with Crippen molar-refractivity contribution in [3.8, 4) is 0 Å². The Morgan fingerprint density at radius 2 is 1.92 bits per heavy atom. The molecule has 1 aromatic carbocycles. The lowest BCUT2D eigenvalue weighted by Gasteiger charge is -2.25. The first-order valence-electron chi connectivity index (χ1n) is 7.89. The first kappa shape index (κ1) is 18.0. The Bertz CT molecular complexity index is 685. The summed E-state index contributed by atoms with van der Waals surface area (Å²) in [7, 11) is 0. The zero-order valence-electron chi connectivity index (χ0n) is 14.0. The summed E-state index contributed by atoms with van der Waals surface area (Å²) in [5.74, 6) is -0.129. The van der Waals surface area contributed by atoms with Gasteiger partial charge in [0.2, 0.25) is 5.91 Å². The van der Waals surface area contributed by atoms with Crippen molar-refractivity contribution < 1.29 is 9.59 Å². The van der Waals surface area contributed by atoms with E-state index in [1.165, 1.54) is 10.4 Å². The lowest BCUT2D eigenvalue weighted by atomic mass is 10.1. The molecule has 0 bridgehead atoms. The highest BCUT2D eigenvalue weighted by molar-refractivity contribution is 7.11. The molecular weight excluding hydrogens is 322 g/mol. The van der Waals surface area contributed by atoms with Crippen LogP contribution in [-0.4, -0.2) is 29.4 Å². The molecule has 128 valence electrons. The van der Waals surface area contributed by atoms with Crippen molar-refractivity contribution in [2.24, 2.45) is 5.73 Å². The Kier molecular flexibility index (Phi) is 6.37. The highest BCUT2D eigenvalue weighted by atomic mass is 32.1. The van der Waals surface area contributed by atoms with Crippen LogP contribution in [0.2, 0.25) is 0 Å². The van der Waals surface area contributed by atoms with Crippen molar-refractivity contribution in [1.29, 1.82) is 0 Å². The van der Waals surface area contributed by atoms with Gasteiger partial charge in [0.15, 0.2) is 0 Å². The van der Waals surface area contributed by atoms with Gasteiger partial charge in [-0.2, -0.15) is 0 Å². The number of benzene rings is 1. The van der Waals surface area contributed by atoms with Crippen molar-refractivity contribution in [2.75, 3.05) is 6.54 Å². The van der Waals surface area contributed by atoms with Gasteiger partial charge < -0.3 is 16.0 Å². The number of urea groups is 1. The Labute approximate surface area is 146 Å². The zero-order valence-corrected chi connectivity index (χ0v) is 14.8. The Morgan fingerprint density at radius 1 is 1.21 bits per heavy atom. The number of hydrogen-bond donors (Lipinski definition) is 2. The molecule has 24 heavy (non-hydrogen) atoms. The third kappa shape index (κ3) is 5.38. The van der Waals surface area contributed by atoms with Gasteiger partial charge in [-0.15, -0.1) is 11.3 Å². The maximum atomic E-state index is 12.7. The van der Waals surface area contributed by atoms with Gasteiger partial charge in [-0.1, -0.05) is 30.3 Å². The molecule has 0 saturated heterocycles. The summed E-state index contributed by atoms with van der Waals surface area (Å²) in [5, 5.41) is 2.46. The number of hydrogen-bond acceptors (Lipinski definition) is 3. The number of nitrogens with one attached hydrogen (secondary N) is 1. The SMILES string of the molecule is Cc1ccc(CN(CCc2ccccc2)C(=O)C(C)NC(N)=O)s1. The fourth-order valence-corrected chi connectivity index (χ4v) is 3.39. The summed E-state index contributed by atoms with van der Waals surface area (Å²) in [6.45, 7) is 4.82. The molecule has 1 atom stereocenters. The number of primary amides is 1. The first-order chi connectivity index (χ1) is 11.5. The predicted molar refractivity (Wildman–Crippen MR) is 96.8 cm³/mol. The maximum Gasteiger partial charge on any atom is 0.312 e. The third-order valence-corrected chi connectivity index (χ3v) is 4.68. The molecule has 0 aliphatic rings. The quantitative estimate of drug-likeness (QED) is 0.809. The molecule has 1 aromatic heterocycles. The van der Waals surface area contributed by atoms with Crippen LogP contribution in [0.3, 0.4) is 0 Å². The molecule has 0 aliphatic carbocycles. The van der Waals surface area contributed by atoms with E-state index in [1.54, 1.807) is 23.2 Å². The van der Waals surface area contributed by atoms with Gasteiger partial charge in [0.05, 0.1) is 6.54 Å². The molecule has 6 heteroatoms. The second kappa shape index (κ2) is 8.49. The minimum Gasteiger partial charge on any atom is -0.352 e. The van der Waals surface area contributed by atoms with Gasteiger partial charge in [0.25, 0.3) is 0 Å². The lowest BCUT2D eigenvalue weighted by Crippen LogP contribution is -2.48. The molecule has 2 aromatic rings. The number of thiophene rings is 1. The van der Waals surface area contributed by atoms with E-state index in [1.807, 2.05) is 49.4 Å². The topological polar surface area (TPSA) is 75.4 Å². The number of nitrogens with two attached hydrogens (primary N) is 1. The van der Waals surface area contributed by atoms with Crippen molar-refractivity contribution in [2.45, 2.75) is 32.9 Å². The summed E-state index contributed by atoms with van der Waals surface area (Å²) in [4.78, 5) is 27.8. The van der Waals surface area contributed by atoms with Gasteiger partial charge in [-0.25, -0.2) is 4.79 Å².